The van der Waals surface area contributed by atoms with Gasteiger partial charge in [0.1, 0.15) is 16.9 Å². The lowest BCUT2D eigenvalue weighted by molar-refractivity contribution is -0.140. The van der Waals surface area contributed by atoms with Crippen LogP contribution >= 0.6 is 35.3 Å². The second-order valence-electron chi connectivity index (χ2n) is 6.62. The van der Waals surface area contributed by atoms with Gasteiger partial charge in [0.15, 0.2) is 11.7 Å². The number of aliphatic imine (C=N–C) groups is 1. The zero-order valence-electron chi connectivity index (χ0n) is 16.6. The molecular weight excluding hydrogens is 532 g/mol. The maximum absolute atomic E-state index is 12.7. The van der Waals surface area contributed by atoms with Crippen molar-refractivity contribution in [3.05, 3.63) is 45.4 Å². The van der Waals surface area contributed by atoms with Crippen molar-refractivity contribution in [1.82, 2.24) is 15.6 Å². The summed E-state index contributed by atoms with van der Waals surface area (Å²) >= 11 is 0.957. The molecule has 0 spiro atoms. The zero-order valence-corrected chi connectivity index (χ0v) is 19.7. The summed E-state index contributed by atoms with van der Waals surface area (Å²) in [5, 5.41) is 7.49. The van der Waals surface area contributed by atoms with Crippen LogP contribution in [0.3, 0.4) is 0 Å². The molecule has 1 unspecified atom stereocenters. The fourth-order valence-corrected chi connectivity index (χ4v) is 3.52. The minimum Gasteiger partial charge on any atom is -0.488 e. The normalized spacial score (nSPS) is 16.8. The fourth-order valence-electron chi connectivity index (χ4n) is 2.78. The monoisotopic (exact) mass is 556 g/mol. The fraction of sp³-hybridized carbons (Fsp3) is 0.474. The Hall–Kier alpha value is -1.60. The maximum Gasteiger partial charge on any atom is 0.434 e. The van der Waals surface area contributed by atoms with E-state index in [1.165, 1.54) is 0 Å². The molecule has 1 aromatic heterocycles. The van der Waals surface area contributed by atoms with Gasteiger partial charge in [-0.15, -0.1) is 35.3 Å². The predicted octanol–water partition coefficient (Wildman–Crippen LogP) is 4.12. The van der Waals surface area contributed by atoms with Crippen LogP contribution in [0, 0.1) is 6.92 Å². The molecule has 1 atom stereocenters. The molecule has 0 amide bonds. The second-order valence-corrected chi connectivity index (χ2v) is 7.56. The van der Waals surface area contributed by atoms with E-state index in [4.69, 9.17) is 9.47 Å². The minimum atomic E-state index is -4.43. The Bertz CT molecular complexity index is 855. The number of alkyl halides is 3. The Morgan fingerprint density at radius 3 is 2.73 bits per heavy atom. The topological polar surface area (TPSA) is 67.8 Å². The van der Waals surface area contributed by atoms with Crippen molar-refractivity contribution < 1.29 is 22.6 Å². The van der Waals surface area contributed by atoms with Crippen LogP contribution in [0.2, 0.25) is 0 Å². The summed E-state index contributed by atoms with van der Waals surface area (Å²) in [4.78, 5) is 7.72. The molecule has 0 saturated carbocycles. The van der Waals surface area contributed by atoms with Crippen molar-refractivity contribution in [2.75, 3.05) is 20.3 Å². The van der Waals surface area contributed by atoms with Gasteiger partial charge in [-0.05, 0) is 18.6 Å². The number of aromatic nitrogens is 1. The SMILES string of the molecule is CN=C(NCc1nc(C(F)(F)F)cs1)NCc1ccc(C)cc1OC1CCOC1.I. The van der Waals surface area contributed by atoms with E-state index in [1.54, 1.807) is 7.05 Å². The Balaban J connectivity index is 0.00000320. The van der Waals surface area contributed by atoms with Gasteiger partial charge in [0.05, 0.1) is 19.8 Å². The molecule has 1 fully saturated rings. The first-order valence-electron chi connectivity index (χ1n) is 9.15. The number of nitrogens with zero attached hydrogens (tertiary/aromatic N) is 2. The molecule has 0 bridgehead atoms. The molecule has 6 nitrogen and oxygen atoms in total. The number of thiazole rings is 1. The summed E-state index contributed by atoms with van der Waals surface area (Å²) < 4.78 is 49.4. The largest absolute Gasteiger partial charge is 0.488 e. The van der Waals surface area contributed by atoms with Crippen molar-refractivity contribution in [3.8, 4) is 5.75 Å². The van der Waals surface area contributed by atoms with Crippen LogP contribution < -0.4 is 15.4 Å². The quantitative estimate of drug-likeness (QED) is 0.319. The Morgan fingerprint density at radius 2 is 2.10 bits per heavy atom. The van der Waals surface area contributed by atoms with Gasteiger partial charge in [0.25, 0.3) is 0 Å². The number of benzene rings is 1. The van der Waals surface area contributed by atoms with E-state index in [0.717, 1.165) is 40.0 Å². The van der Waals surface area contributed by atoms with Crippen LogP contribution in [0.1, 0.15) is 28.2 Å². The highest BCUT2D eigenvalue weighted by atomic mass is 127. The third-order valence-electron chi connectivity index (χ3n) is 4.32. The standard InChI is InChI=1S/C19H23F3N4O2S.HI/c1-12-3-4-13(15(7-12)28-14-5-6-27-10-14)8-24-18(23-2)25-9-17-26-16(11-29-17)19(20,21)22;/h3-4,7,11,14H,5-6,8-10H2,1-2H3,(H2,23,24,25);1H. The Morgan fingerprint density at radius 1 is 1.33 bits per heavy atom. The van der Waals surface area contributed by atoms with E-state index in [9.17, 15) is 13.2 Å². The number of hydrogen-bond acceptors (Lipinski definition) is 5. The number of hydrogen-bond donors (Lipinski definition) is 2. The third-order valence-corrected chi connectivity index (χ3v) is 5.17. The van der Waals surface area contributed by atoms with Gasteiger partial charge in [0.2, 0.25) is 0 Å². The van der Waals surface area contributed by atoms with E-state index >= 15 is 0 Å². The van der Waals surface area contributed by atoms with Crippen molar-refractivity contribution in [2.24, 2.45) is 4.99 Å². The smallest absolute Gasteiger partial charge is 0.434 e. The molecule has 0 aliphatic carbocycles. The second kappa shape index (κ2) is 11.1. The summed E-state index contributed by atoms with van der Waals surface area (Å²) in [5.74, 6) is 1.25. The van der Waals surface area contributed by atoms with Gasteiger partial charge in [-0.2, -0.15) is 13.2 Å². The number of nitrogens with one attached hydrogen (secondary N) is 2. The molecule has 11 heteroatoms. The third kappa shape index (κ3) is 6.98. The van der Waals surface area contributed by atoms with Crippen molar-refractivity contribution in [1.29, 1.82) is 0 Å². The molecule has 2 aromatic rings. The molecule has 166 valence electrons. The summed E-state index contributed by atoms with van der Waals surface area (Å²) in [6, 6.07) is 5.97. The van der Waals surface area contributed by atoms with Crippen LogP contribution in [0.5, 0.6) is 5.75 Å². The van der Waals surface area contributed by atoms with Gasteiger partial charge < -0.3 is 20.1 Å². The lowest BCUT2D eigenvalue weighted by Crippen LogP contribution is -2.36. The summed E-state index contributed by atoms with van der Waals surface area (Å²) in [6.07, 6.45) is -3.53. The molecule has 0 radical (unpaired) electrons. The van der Waals surface area contributed by atoms with Crippen LogP contribution in [0.15, 0.2) is 28.6 Å². The molecule has 1 saturated heterocycles. The molecule has 1 aromatic carbocycles. The van der Waals surface area contributed by atoms with E-state index < -0.39 is 11.9 Å². The van der Waals surface area contributed by atoms with Crippen molar-refractivity contribution in [2.45, 2.75) is 38.7 Å². The van der Waals surface area contributed by atoms with E-state index in [2.05, 4.69) is 20.6 Å². The lowest BCUT2D eigenvalue weighted by atomic mass is 10.1. The lowest BCUT2D eigenvalue weighted by Gasteiger charge is -2.18. The first kappa shape index (κ1) is 24.7. The average Bonchev–Trinajstić information content (AvgIpc) is 3.35. The molecule has 30 heavy (non-hydrogen) atoms. The molecule has 2 N–H and O–H groups in total. The number of ether oxygens (including phenoxy) is 2. The van der Waals surface area contributed by atoms with E-state index in [1.807, 2.05) is 25.1 Å². The molecule has 2 heterocycles. The van der Waals surface area contributed by atoms with Crippen LogP contribution in [-0.4, -0.2) is 37.3 Å². The van der Waals surface area contributed by atoms with Gasteiger partial charge in [-0.25, -0.2) is 4.98 Å². The first-order valence-corrected chi connectivity index (χ1v) is 10.0. The van der Waals surface area contributed by atoms with E-state index in [-0.39, 0.29) is 36.6 Å². The predicted molar refractivity (Wildman–Crippen MR) is 121 cm³/mol. The van der Waals surface area contributed by atoms with Crippen molar-refractivity contribution in [3.63, 3.8) is 0 Å². The average molecular weight is 556 g/mol. The van der Waals surface area contributed by atoms with Gasteiger partial charge in [0, 0.05) is 31.0 Å². The van der Waals surface area contributed by atoms with Gasteiger partial charge in [-0.3, -0.25) is 4.99 Å². The summed E-state index contributed by atoms with van der Waals surface area (Å²) in [7, 11) is 1.60. The Kier molecular flexibility index (Phi) is 9.16. The van der Waals surface area contributed by atoms with Crippen molar-refractivity contribution >= 4 is 41.3 Å². The van der Waals surface area contributed by atoms with Crippen LogP contribution in [0.4, 0.5) is 13.2 Å². The molecular formula is C19H24F3IN4O2S. The number of aryl methyl sites for hydroxylation is 1. The van der Waals surface area contributed by atoms with Gasteiger partial charge >= 0.3 is 6.18 Å². The molecule has 1 aliphatic heterocycles. The highest BCUT2D eigenvalue weighted by molar-refractivity contribution is 14.0. The van der Waals surface area contributed by atoms with Gasteiger partial charge in [-0.1, -0.05) is 12.1 Å². The minimum absolute atomic E-state index is 0. The Labute approximate surface area is 194 Å². The number of rotatable bonds is 6. The number of halogens is 4. The highest BCUT2D eigenvalue weighted by Crippen LogP contribution is 2.30. The first-order chi connectivity index (χ1) is 13.8. The summed E-state index contributed by atoms with van der Waals surface area (Å²) in [5.41, 5.74) is 1.17. The maximum atomic E-state index is 12.7. The zero-order chi connectivity index (χ0) is 20.9. The molecule has 1 aliphatic rings. The summed E-state index contributed by atoms with van der Waals surface area (Å²) in [6.45, 7) is 3.88. The van der Waals surface area contributed by atoms with Crippen LogP contribution in [0.25, 0.3) is 0 Å². The number of guanidine groups is 1. The highest BCUT2D eigenvalue weighted by Gasteiger charge is 2.33. The van der Waals surface area contributed by atoms with E-state index in [0.29, 0.717) is 30.7 Å². The molecule has 3 rings (SSSR count). The van der Waals surface area contributed by atoms with Crippen LogP contribution in [-0.2, 0) is 24.0 Å².